The van der Waals surface area contributed by atoms with Gasteiger partial charge in [-0.3, -0.25) is 0 Å². The summed E-state index contributed by atoms with van der Waals surface area (Å²) in [5, 5.41) is 3.44. The third-order valence-electron chi connectivity index (χ3n) is 3.26. The van der Waals surface area contributed by atoms with Gasteiger partial charge in [0.1, 0.15) is 0 Å². The lowest BCUT2D eigenvalue weighted by Gasteiger charge is -2.17. The van der Waals surface area contributed by atoms with E-state index in [0.29, 0.717) is 5.92 Å². The molecule has 0 spiro atoms. The Morgan fingerprint density at radius 2 is 2.44 bits per heavy atom. The quantitative estimate of drug-likeness (QED) is 0.811. The van der Waals surface area contributed by atoms with Crippen LogP contribution in [-0.2, 0) is 9.47 Å². The van der Waals surface area contributed by atoms with Gasteiger partial charge >= 0.3 is 0 Å². The van der Waals surface area contributed by atoms with Crippen molar-refractivity contribution in [2.45, 2.75) is 19.4 Å². The Morgan fingerprint density at radius 1 is 1.61 bits per heavy atom. The minimum Gasteiger partial charge on any atom is -0.383 e. The van der Waals surface area contributed by atoms with Gasteiger partial charge in [0.2, 0.25) is 0 Å². The molecule has 0 radical (unpaired) electrons. The van der Waals surface area contributed by atoms with Crippen LogP contribution in [0.4, 0.5) is 0 Å². The van der Waals surface area contributed by atoms with E-state index >= 15 is 0 Å². The number of ether oxygens (including phenoxy) is 2. The maximum absolute atomic E-state index is 5.90. The highest BCUT2D eigenvalue weighted by Crippen LogP contribution is 2.40. The molecule has 0 aromatic carbocycles. The van der Waals surface area contributed by atoms with Crippen molar-refractivity contribution in [2.75, 3.05) is 33.4 Å². The molecular formula is C13H20BrNO2S. The van der Waals surface area contributed by atoms with E-state index in [9.17, 15) is 0 Å². The molecule has 1 N–H and O–H groups in total. The minimum absolute atomic E-state index is 0.259. The summed E-state index contributed by atoms with van der Waals surface area (Å²) in [6.07, 6.45) is 1.40. The van der Waals surface area contributed by atoms with Crippen LogP contribution in [0.2, 0.25) is 0 Å². The van der Waals surface area contributed by atoms with E-state index in [2.05, 4.69) is 34.2 Å². The Morgan fingerprint density at radius 3 is 3.11 bits per heavy atom. The largest absolute Gasteiger partial charge is 0.383 e. The standard InChI is InChI=1S/C13H20BrNO2S/c1-9-11(14)7-12(18-9)13-10(3-5-17-13)8-15-4-6-16-2/h7,10,13,15H,3-6,8H2,1-2H3. The Hall–Kier alpha value is 0.0600. The Kier molecular flexibility index (Phi) is 5.63. The molecule has 1 saturated heterocycles. The topological polar surface area (TPSA) is 30.5 Å². The van der Waals surface area contributed by atoms with E-state index in [0.717, 1.165) is 32.7 Å². The maximum Gasteiger partial charge on any atom is 0.0958 e. The van der Waals surface area contributed by atoms with E-state index in [1.54, 1.807) is 7.11 Å². The van der Waals surface area contributed by atoms with Gasteiger partial charge < -0.3 is 14.8 Å². The molecule has 1 aliphatic heterocycles. The smallest absolute Gasteiger partial charge is 0.0958 e. The maximum atomic E-state index is 5.90. The summed E-state index contributed by atoms with van der Waals surface area (Å²) < 4.78 is 12.1. The molecule has 0 saturated carbocycles. The molecule has 0 aliphatic carbocycles. The van der Waals surface area contributed by atoms with Gasteiger partial charge in [-0.15, -0.1) is 11.3 Å². The summed E-state index contributed by atoms with van der Waals surface area (Å²) in [6.45, 7) is 5.69. The second-order valence-corrected chi connectivity index (χ2v) is 6.73. The summed E-state index contributed by atoms with van der Waals surface area (Å²) in [6, 6.07) is 2.21. The van der Waals surface area contributed by atoms with Gasteiger partial charge in [0.15, 0.2) is 0 Å². The zero-order valence-electron chi connectivity index (χ0n) is 10.9. The highest BCUT2D eigenvalue weighted by Gasteiger charge is 2.30. The van der Waals surface area contributed by atoms with Crippen LogP contribution in [0.5, 0.6) is 0 Å². The summed E-state index contributed by atoms with van der Waals surface area (Å²) in [7, 11) is 1.73. The summed E-state index contributed by atoms with van der Waals surface area (Å²) in [4.78, 5) is 2.67. The average molecular weight is 334 g/mol. The fraction of sp³-hybridized carbons (Fsp3) is 0.692. The Balaban J connectivity index is 1.90. The van der Waals surface area contributed by atoms with Crippen LogP contribution in [-0.4, -0.2) is 33.4 Å². The molecule has 1 aromatic rings. The molecule has 1 aliphatic rings. The lowest BCUT2D eigenvalue weighted by molar-refractivity contribution is 0.0926. The van der Waals surface area contributed by atoms with Gasteiger partial charge in [-0.25, -0.2) is 0 Å². The van der Waals surface area contributed by atoms with Gasteiger partial charge in [0.25, 0.3) is 0 Å². The molecule has 1 fully saturated rings. The number of methoxy groups -OCH3 is 1. The van der Waals surface area contributed by atoms with Crippen molar-refractivity contribution in [1.82, 2.24) is 5.32 Å². The van der Waals surface area contributed by atoms with Crippen molar-refractivity contribution in [3.05, 3.63) is 20.3 Å². The van der Waals surface area contributed by atoms with Gasteiger partial charge in [-0.05, 0) is 35.3 Å². The van der Waals surface area contributed by atoms with E-state index < -0.39 is 0 Å². The molecular weight excluding hydrogens is 314 g/mol. The van der Waals surface area contributed by atoms with Crippen molar-refractivity contribution < 1.29 is 9.47 Å². The van der Waals surface area contributed by atoms with Crippen LogP contribution in [0.15, 0.2) is 10.5 Å². The van der Waals surface area contributed by atoms with Crippen LogP contribution < -0.4 is 5.32 Å². The third-order valence-corrected chi connectivity index (χ3v) is 5.46. The number of halogens is 1. The first-order chi connectivity index (χ1) is 8.72. The SMILES string of the molecule is COCCNCC1CCOC1c1cc(Br)c(C)s1. The number of aryl methyl sites for hydroxylation is 1. The number of hydrogen-bond donors (Lipinski definition) is 1. The van der Waals surface area contributed by atoms with Crippen molar-refractivity contribution in [2.24, 2.45) is 5.92 Å². The lowest BCUT2D eigenvalue weighted by atomic mass is 10.0. The van der Waals surface area contributed by atoms with Gasteiger partial charge in [-0.2, -0.15) is 0 Å². The van der Waals surface area contributed by atoms with Gasteiger partial charge in [0, 0.05) is 47.0 Å². The molecule has 1 aromatic heterocycles. The van der Waals surface area contributed by atoms with Crippen LogP contribution >= 0.6 is 27.3 Å². The molecule has 18 heavy (non-hydrogen) atoms. The zero-order chi connectivity index (χ0) is 13.0. The molecule has 2 unspecified atom stereocenters. The van der Waals surface area contributed by atoms with Crippen LogP contribution in [0.1, 0.15) is 22.3 Å². The first-order valence-electron chi connectivity index (χ1n) is 6.29. The molecule has 3 nitrogen and oxygen atoms in total. The normalized spacial score (nSPS) is 23.7. The van der Waals surface area contributed by atoms with Crippen molar-refractivity contribution in [3.8, 4) is 0 Å². The van der Waals surface area contributed by atoms with E-state index in [1.165, 1.54) is 14.2 Å². The minimum atomic E-state index is 0.259. The fourth-order valence-corrected chi connectivity index (χ4v) is 3.95. The van der Waals surface area contributed by atoms with Crippen molar-refractivity contribution in [1.29, 1.82) is 0 Å². The summed E-state index contributed by atoms with van der Waals surface area (Å²) >= 11 is 5.41. The molecule has 0 amide bonds. The molecule has 2 rings (SSSR count). The number of rotatable bonds is 6. The van der Waals surface area contributed by atoms with Crippen LogP contribution in [0.25, 0.3) is 0 Å². The van der Waals surface area contributed by atoms with Crippen LogP contribution in [0.3, 0.4) is 0 Å². The third kappa shape index (κ3) is 3.54. The highest BCUT2D eigenvalue weighted by atomic mass is 79.9. The Bertz CT molecular complexity index is 364. The highest BCUT2D eigenvalue weighted by molar-refractivity contribution is 9.10. The Labute approximate surface area is 121 Å². The first kappa shape index (κ1) is 14.5. The number of nitrogens with one attached hydrogen (secondary N) is 1. The molecule has 2 atom stereocenters. The van der Waals surface area contributed by atoms with Crippen molar-refractivity contribution in [3.63, 3.8) is 0 Å². The number of thiophene rings is 1. The summed E-state index contributed by atoms with van der Waals surface area (Å²) in [5.74, 6) is 0.576. The lowest BCUT2D eigenvalue weighted by Crippen LogP contribution is -2.27. The predicted molar refractivity (Wildman–Crippen MR) is 78.3 cm³/mol. The van der Waals surface area contributed by atoms with Gasteiger partial charge in [0.05, 0.1) is 12.7 Å². The monoisotopic (exact) mass is 333 g/mol. The van der Waals surface area contributed by atoms with Crippen molar-refractivity contribution >= 4 is 27.3 Å². The molecule has 5 heteroatoms. The first-order valence-corrected chi connectivity index (χ1v) is 7.90. The predicted octanol–water partition coefficient (Wildman–Crippen LogP) is 3.13. The number of hydrogen-bond acceptors (Lipinski definition) is 4. The van der Waals surface area contributed by atoms with E-state index in [-0.39, 0.29) is 6.10 Å². The summed E-state index contributed by atoms with van der Waals surface area (Å²) in [5.41, 5.74) is 0. The molecule has 0 bridgehead atoms. The van der Waals surface area contributed by atoms with E-state index in [4.69, 9.17) is 9.47 Å². The molecule has 102 valence electrons. The van der Waals surface area contributed by atoms with E-state index in [1.807, 2.05) is 11.3 Å². The van der Waals surface area contributed by atoms with Crippen LogP contribution in [0, 0.1) is 12.8 Å². The molecule has 2 heterocycles. The average Bonchev–Trinajstić information content (AvgIpc) is 2.93. The second kappa shape index (κ2) is 7.01. The zero-order valence-corrected chi connectivity index (χ0v) is 13.3. The second-order valence-electron chi connectivity index (χ2n) is 4.59. The van der Waals surface area contributed by atoms with Gasteiger partial charge in [-0.1, -0.05) is 0 Å². The fourth-order valence-electron chi connectivity index (χ4n) is 2.24.